The Labute approximate surface area is 107 Å². The van der Waals surface area contributed by atoms with Gasteiger partial charge in [0.2, 0.25) is 0 Å². The van der Waals surface area contributed by atoms with Gasteiger partial charge in [-0.2, -0.15) is 0 Å². The summed E-state index contributed by atoms with van der Waals surface area (Å²) in [5, 5.41) is 6.95. The highest BCUT2D eigenvalue weighted by Gasteiger charge is 2.33. The Hall–Kier alpha value is -0.960. The van der Waals surface area contributed by atoms with Crippen LogP contribution in [0.15, 0.2) is 33.6 Å². The van der Waals surface area contributed by atoms with E-state index in [2.05, 4.69) is 15.9 Å². The lowest BCUT2D eigenvalue weighted by Crippen LogP contribution is -2.51. The third-order valence-corrected chi connectivity index (χ3v) is 4.61. The summed E-state index contributed by atoms with van der Waals surface area (Å²) in [6.07, 6.45) is 0. The summed E-state index contributed by atoms with van der Waals surface area (Å²) in [5.41, 5.74) is 10.6. The Morgan fingerprint density at radius 3 is 2.12 bits per heavy atom. The third-order valence-electron chi connectivity index (χ3n) is 2.14. The van der Waals surface area contributed by atoms with Gasteiger partial charge in [0.05, 0.1) is 4.90 Å². The topological polar surface area (TPSA) is 123 Å². The minimum atomic E-state index is -3.95. The van der Waals surface area contributed by atoms with Crippen LogP contribution >= 0.6 is 15.9 Å². The fourth-order valence-electron chi connectivity index (χ4n) is 1.11. The van der Waals surface area contributed by atoms with E-state index in [1.54, 1.807) is 0 Å². The molecule has 5 N–H and O–H groups in total. The smallest absolute Gasteiger partial charge is 0.323 e. The number of rotatable bonds is 4. The van der Waals surface area contributed by atoms with Crippen molar-refractivity contribution in [2.24, 2.45) is 11.5 Å². The molecule has 0 saturated heterocycles. The average Bonchev–Trinajstić information content (AvgIpc) is 2.27. The highest BCUT2D eigenvalue weighted by Crippen LogP contribution is 2.18. The van der Waals surface area contributed by atoms with E-state index in [4.69, 9.17) is 16.6 Å². The SMILES string of the molecule is NC(C(=O)O)C(N)S(=O)(=O)c1ccc(Br)cc1. The minimum absolute atomic E-state index is 0.0649. The Bertz CT molecular complexity index is 514. The highest BCUT2D eigenvalue weighted by molar-refractivity contribution is 9.10. The number of carbonyl (C=O) groups is 1. The van der Waals surface area contributed by atoms with Crippen molar-refractivity contribution < 1.29 is 18.3 Å². The quantitative estimate of drug-likeness (QED) is 0.712. The molecular weight excluding hydrogens is 312 g/mol. The molecule has 0 fully saturated rings. The van der Waals surface area contributed by atoms with Crippen molar-refractivity contribution in [2.45, 2.75) is 16.3 Å². The van der Waals surface area contributed by atoms with Gasteiger partial charge in [-0.3, -0.25) is 4.79 Å². The number of sulfone groups is 1. The number of hydrogen-bond acceptors (Lipinski definition) is 5. The molecule has 0 spiro atoms. The first-order valence-electron chi connectivity index (χ1n) is 4.50. The van der Waals surface area contributed by atoms with Crippen molar-refractivity contribution in [1.29, 1.82) is 0 Å². The van der Waals surface area contributed by atoms with Gasteiger partial charge >= 0.3 is 5.97 Å². The van der Waals surface area contributed by atoms with E-state index in [9.17, 15) is 13.2 Å². The maximum atomic E-state index is 11.9. The van der Waals surface area contributed by atoms with Crippen LogP contribution in [-0.4, -0.2) is 30.9 Å². The molecule has 0 bridgehead atoms. The van der Waals surface area contributed by atoms with Crippen molar-refractivity contribution >= 4 is 31.7 Å². The summed E-state index contributed by atoms with van der Waals surface area (Å²) in [6.45, 7) is 0. The van der Waals surface area contributed by atoms with E-state index in [0.717, 1.165) is 0 Å². The van der Waals surface area contributed by atoms with Gasteiger partial charge in [-0.1, -0.05) is 15.9 Å². The van der Waals surface area contributed by atoms with Gasteiger partial charge in [-0.05, 0) is 24.3 Å². The van der Waals surface area contributed by atoms with Gasteiger partial charge in [0.25, 0.3) is 0 Å². The fraction of sp³-hybridized carbons (Fsp3) is 0.222. The van der Waals surface area contributed by atoms with Crippen LogP contribution in [0.3, 0.4) is 0 Å². The summed E-state index contributed by atoms with van der Waals surface area (Å²) in [7, 11) is -3.95. The number of carboxylic acid groups (broad SMARTS) is 1. The zero-order valence-electron chi connectivity index (χ0n) is 8.58. The molecule has 94 valence electrons. The molecular formula is C9H11BrN2O4S. The lowest BCUT2D eigenvalue weighted by atomic mass is 10.3. The van der Waals surface area contributed by atoms with Crippen LogP contribution in [0.5, 0.6) is 0 Å². The fourth-order valence-corrected chi connectivity index (χ4v) is 2.71. The number of hydrogen-bond donors (Lipinski definition) is 3. The lowest BCUT2D eigenvalue weighted by molar-refractivity contribution is -0.138. The van der Waals surface area contributed by atoms with Crippen molar-refractivity contribution in [3.8, 4) is 0 Å². The Morgan fingerprint density at radius 2 is 1.71 bits per heavy atom. The molecule has 0 aromatic heterocycles. The number of carboxylic acids is 1. The van der Waals surface area contributed by atoms with Crippen LogP contribution in [-0.2, 0) is 14.6 Å². The van der Waals surface area contributed by atoms with Crippen molar-refractivity contribution in [3.05, 3.63) is 28.7 Å². The molecule has 0 radical (unpaired) electrons. The summed E-state index contributed by atoms with van der Waals surface area (Å²) in [5.74, 6) is -1.46. The first-order valence-corrected chi connectivity index (χ1v) is 6.84. The number of benzene rings is 1. The van der Waals surface area contributed by atoms with E-state index in [1.807, 2.05) is 0 Å². The van der Waals surface area contributed by atoms with Gasteiger partial charge in [-0.25, -0.2) is 8.42 Å². The second-order valence-corrected chi connectivity index (χ2v) is 6.35. The molecule has 1 aromatic rings. The Morgan fingerprint density at radius 1 is 1.24 bits per heavy atom. The molecule has 1 rings (SSSR count). The monoisotopic (exact) mass is 322 g/mol. The zero-order valence-corrected chi connectivity index (χ0v) is 11.0. The summed E-state index contributed by atoms with van der Waals surface area (Å²) >= 11 is 3.16. The molecule has 0 amide bonds. The van der Waals surface area contributed by atoms with E-state index < -0.39 is 27.2 Å². The molecule has 17 heavy (non-hydrogen) atoms. The number of halogens is 1. The minimum Gasteiger partial charge on any atom is -0.480 e. The van der Waals surface area contributed by atoms with Gasteiger partial charge in [0.15, 0.2) is 9.84 Å². The Kier molecular flexibility index (Phi) is 4.26. The molecule has 0 aliphatic heterocycles. The molecule has 0 heterocycles. The second-order valence-electron chi connectivity index (χ2n) is 3.33. The predicted molar refractivity (Wildman–Crippen MR) is 64.9 cm³/mol. The van der Waals surface area contributed by atoms with E-state index in [1.165, 1.54) is 24.3 Å². The highest BCUT2D eigenvalue weighted by atomic mass is 79.9. The third kappa shape index (κ3) is 3.03. The van der Waals surface area contributed by atoms with Crippen molar-refractivity contribution in [3.63, 3.8) is 0 Å². The summed E-state index contributed by atoms with van der Waals surface area (Å²) in [6, 6.07) is 4.03. The number of nitrogens with two attached hydrogens (primary N) is 2. The molecule has 8 heteroatoms. The van der Waals surface area contributed by atoms with Gasteiger partial charge in [0.1, 0.15) is 11.4 Å². The maximum absolute atomic E-state index is 11.9. The molecule has 2 unspecified atom stereocenters. The average molecular weight is 323 g/mol. The van der Waals surface area contributed by atoms with Gasteiger partial charge in [-0.15, -0.1) is 0 Å². The van der Waals surface area contributed by atoms with Crippen molar-refractivity contribution in [1.82, 2.24) is 0 Å². The lowest BCUT2D eigenvalue weighted by Gasteiger charge is -2.16. The van der Waals surface area contributed by atoms with E-state index in [0.29, 0.717) is 4.47 Å². The van der Waals surface area contributed by atoms with E-state index >= 15 is 0 Å². The second kappa shape index (κ2) is 5.13. The standard InChI is InChI=1S/C9H11BrN2O4S/c10-5-1-3-6(4-2-5)17(15,16)8(12)7(11)9(13)14/h1-4,7-8H,11-12H2,(H,13,14). The summed E-state index contributed by atoms with van der Waals surface area (Å²) in [4.78, 5) is 10.5. The van der Waals surface area contributed by atoms with Gasteiger partial charge in [0, 0.05) is 4.47 Å². The van der Waals surface area contributed by atoms with Gasteiger partial charge < -0.3 is 16.6 Å². The number of aliphatic carboxylic acids is 1. The van der Waals surface area contributed by atoms with E-state index in [-0.39, 0.29) is 4.90 Å². The molecule has 2 atom stereocenters. The molecule has 6 nitrogen and oxygen atoms in total. The molecule has 0 aliphatic rings. The first kappa shape index (κ1) is 14.1. The van der Waals surface area contributed by atoms with Crippen molar-refractivity contribution in [2.75, 3.05) is 0 Å². The van der Waals surface area contributed by atoms with Crippen LogP contribution in [0.25, 0.3) is 0 Å². The zero-order chi connectivity index (χ0) is 13.2. The molecule has 1 aromatic carbocycles. The Balaban J connectivity index is 3.11. The predicted octanol–water partition coefficient (Wildman–Crippen LogP) is -0.0805. The van der Waals surface area contributed by atoms with Crippen LogP contribution in [0.1, 0.15) is 0 Å². The molecule has 0 saturated carbocycles. The normalized spacial score (nSPS) is 15.2. The maximum Gasteiger partial charge on any atom is 0.323 e. The first-order chi connectivity index (χ1) is 7.76. The van der Waals surface area contributed by atoms with Crippen LogP contribution in [0.4, 0.5) is 0 Å². The molecule has 0 aliphatic carbocycles. The summed E-state index contributed by atoms with van der Waals surface area (Å²) < 4.78 is 24.5. The van der Waals surface area contributed by atoms with Crippen LogP contribution in [0, 0.1) is 0 Å². The van der Waals surface area contributed by atoms with Crippen LogP contribution in [0.2, 0.25) is 0 Å². The largest absolute Gasteiger partial charge is 0.480 e. The van der Waals surface area contributed by atoms with Crippen LogP contribution < -0.4 is 11.5 Å².